The molecule has 0 saturated carbocycles. The van der Waals surface area contributed by atoms with Crippen molar-refractivity contribution in [2.24, 2.45) is 0 Å². The third-order valence-corrected chi connectivity index (χ3v) is 5.77. The number of hydrogen-bond donors (Lipinski definition) is 0. The predicted molar refractivity (Wildman–Crippen MR) is 123 cm³/mol. The molecule has 0 saturated heterocycles. The normalized spacial score (nSPS) is 11.4. The van der Waals surface area contributed by atoms with Gasteiger partial charge in [0.15, 0.2) is 0 Å². The van der Waals surface area contributed by atoms with Gasteiger partial charge in [-0.15, -0.1) is 0 Å². The first-order valence-corrected chi connectivity index (χ1v) is 9.97. The average molecular weight is 369 g/mol. The zero-order valence-electron chi connectivity index (χ0n) is 15.9. The highest BCUT2D eigenvalue weighted by molar-refractivity contribution is 6.11. The summed E-state index contributed by atoms with van der Waals surface area (Å²) in [6, 6.07) is 41.2. The van der Waals surface area contributed by atoms with Crippen LogP contribution in [0.3, 0.4) is 0 Å². The van der Waals surface area contributed by atoms with E-state index in [0.29, 0.717) is 0 Å². The SMILES string of the molecule is c1ccc(N(c2ccccc2)c2cccc3cc4c(cc23)-c2ccccc2-4)cc1. The molecule has 1 aliphatic carbocycles. The third-order valence-electron chi connectivity index (χ3n) is 5.77. The van der Waals surface area contributed by atoms with Gasteiger partial charge in [0.2, 0.25) is 0 Å². The lowest BCUT2D eigenvalue weighted by Crippen LogP contribution is -2.10. The molecule has 0 atom stereocenters. The highest BCUT2D eigenvalue weighted by Crippen LogP contribution is 2.50. The van der Waals surface area contributed by atoms with Crippen LogP contribution in [0.25, 0.3) is 33.0 Å². The Bertz CT molecular complexity index is 1300. The molecule has 5 aromatic carbocycles. The average Bonchev–Trinajstić information content (AvgIpc) is 2.79. The van der Waals surface area contributed by atoms with Gasteiger partial charge >= 0.3 is 0 Å². The number of benzene rings is 5. The van der Waals surface area contributed by atoms with Crippen molar-refractivity contribution in [2.45, 2.75) is 0 Å². The van der Waals surface area contributed by atoms with Crippen LogP contribution in [0.15, 0.2) is 115 Å². The molecule has 0 aliphatic heterocycles. The molecule has 0 aromatic heterocycles. The third kappa shape index (κ3) is 2.48. The van der Waals surface area contributed by atoms with Crippen molar-refractivity contribution < 1.29 is 0 Å². The zero-order valence-corrected chi connectivity index (χ0v) is 15.9. The van der Waals surface area contributed by atoms with E-state index < -0.39 is 0 Å². The highest BCUT2D eigenvalue weighted by Gasteiger charge is 2.23. The molecule has 0 spiro atoms. The van der Waals surface area contributed by atoms with Crippen LogP contribution in [-0.4, -0.2) is 0 Å². The van der Waals surface area contributed by atoms with Gasteiger partial charge in [0.1, 0.15) is 0 Å². The van der Waals surface area contributed by atoms with Crippen molar-refractivity contribution in [3.05, 3.63) is 115 Å². The summed E-state index contributed by atoms with van der Waals surface area (Å²) >= 11 is 0. The number of fused-ring (bicyclic) bond motifs is 5. The maximum absolute atomic E-state index is 2.36. The molecule has 0 amide bonds. The monoisotopic (exact) mass is 369 g/mol. The van der Waals surface area contributed by atoms with Gasteiger partial charge in [-0.05, 0) is 70.1 Å². The summed E-state index contributed by atoms with van der Waals surface area (Å²) in [6.07, 6.45) is 0. The van der Waals surface area contributed by atoms with Crippen molar-refractivity contribution in [2.75, 3.05) is 4.90 Å². The van der Waals surface area contributed by atoms with Gasteiger partial charge in [-0.1, -0.05) is 72.8 Å². The summed E-state index contributed by atoms with van der Waals surface area (Å²) in [5.74, 6) is 0. The fraction of sp³-hybridized carbons (Fsp3) is 0. The standard InChI is InChI=1S/C28H19N/c1-3-11-21(12-4-1)29(22-13-5-2-6-14-22)28-17-9-10-20-18-26-23-15-7-8-16-24(23)27(26)19-25(20)28/h1-19H. The van der Waals surface area contributed by atoms with Gasteiger partial charge in [-0.3, -0.25) is 0 Å². The summed E-state index contributed by atoms with van der Waals surface area (Å²) < 4.78 is 0. The van der Waals surface area contributed by atoms with Crippen LogP contribution in [0.1, 0.15) is 0 Å². The summed E-state index contributed by atoms with van der Waals surface area (Å²) in [5, 5.41) is 2.54. The quantitative estimate of drug-likeness (QED) is 0.306. The van der Waals surface area contributed by atoms with Crippen LogP contribution >= 0.6 is 0 Å². The Hall–Kier alpha value is -3.84. The van der Waals surface area contributed by atoms with Gasteiger partial charge in [0, 0.05) is 16.8 Å². The molecule has 5 aromatic rings. The van der Waals surface area contributed by atoms with E-state index in [9.17, 15) is 0 Å². The van der Waals surface area contributed by atoms with Crippen molar-refractivity contribution >= 4 is 27.8 Å². The predicted octanol–water partition coefficient (Wildman–Crippen LogP) is 7.96. The highest BCUT2D eigenvalue weighted by atomic mass is 15.1. The molecule has 0 unspecified atom stereocenters. The van der Waals surface area contributed by atoms with Gasteiger partial charge in [0.25, 0.3) is 0 Å². The van der Waals surface area contributed by atoms with Crippen LogP contribution in [0.5, 0.6) is 0 Å². The maximum Gasteiger partial charge on any atom is 0.0540 e. The molecule has 0 fully saturated rings. The minimum absolute atomic E-state index is 1.16. The Morgan fingerprint density at radius 1 is 0.414 bits per heavy atom. The second kappa shape index (κ2) is 6.35. The number of hydrogen-bond acceptors (Lipinski definition) is 1. The topological polar surface area (TPSA) is 3.24 Å². The lowest BCUT2D eigenvalue weighted by Gasteiger charge is -2.29. The maximum atomic E-state index is 2.36. The van der Waals surface area contributed by atoms with Crippen LogP contribution in [-0.2, 0) is 0 Å². The number of rotatable bonds is 3. The second-order valence-corrected chi connectivity index (χ2v) is 7.45. The second-order valence-electron chi connectivity index (χ2n) is 7.45. The largest absolute Gasteiger partial charge is 0.310 e. The van der Waals surface area contributed by atoms with E-state index in [0.717, 1.165) is 11.4 Å². The fourth-order valence-corrected chi connectivity index (χ4v) is 4.42. The summed E-state index contributed by atoms with van der Waals surface area (Å²) in [7, 11) is 0. The Balaban J connectivity index is 1.61. The molecule has 0 N–H and O–H groups in total. The molecule has 1 heteroatoms. The Morgan fingerprint density at radius 2 is 0.966 bits per heavy atom. The van der Waals surface area contributed by atoms with E-state index in [1.807, 2.05) is 0 Å². The van der Waals surface area contributed by atoms with Crippen molar-refractivity contribution in [1.82, 2.24) is 0 Å². The molecule has 0 bridgehead atoms. The van der Waals surface area contributed by atoms with Gasteiger partial charge in [-0.25, -0.2) is 0 Å². The first-order valence-electron chi connectivity index (χ1n) is 9.97. The first kappa shape index (κ1) is 16.1. The van der Waals surface area contributed by atoms with Crippen LogP contribution in [0, 0.1) is 0 Å². The van der Waals surface area contributed by atoms with Crippen LogP contribution < -0.4 is 4.90 Å². The Kier molecular flexibility index (Phi) is 3.54. The smallest absolute Gasteiger partial charge is 0.0540 e. The van der Waals surface area contributed by atoms with Gasteiger partial charge in [0.05, 0.1) is 5.69 Å². The lowest BCUT2D eigenvalue weighted by atomic mass is 9.79. The fourth-order valence-electron chi connectivity index (χ4n) is 4.42. The molecule has 0 heterocycles. The zero-order chi connectivity index (χ0) is 19.2. The first-order chi connectivity index (χ1) is 14.4. The van der Waals surface area contributed by atoms with E-state index in [4.69, 9.17) is 0 Å². The van der Waals surface area contributed by atoms with Gasteiger partial charge in [-0.2, -0.15) is 0 Å². The molecule has 1 nitrogen and oxygen atoms in total. The Morgan fingerprint density at radius 3 is 1.59 bits per heavy atom. The number of para-hydroxylation sites is 2. The van der Waals surface area contributed by atoms with Crippen LogP contribution in [0.4, 0.5) is 17.1 Å². The van der Waals surface area contributed by atoms with Crippen molar-refractivity contribution in [1.29, 1.82) is 0 Å². The van der Waals surface area contributed by atoms with E-state index >= 15 is 0 Å². The summed E-state index contributed by atoms with van der Waals surface area (Å²) in [5.41, 5.74) is 8.94. The van der Waals surface area contributed by atoms with E-state index in [1.54, 1.807) is 0 Å². The van der Waals surface area contributed by atoms with Crippen LogP contribution in [0.2, 0.25) is 0 Å². The lowest BCUT2D eigenvalue weighted by molar-refractivity contribution is 1.30. The number of anilines is 3. The van der Waals surface area contributed by atoms with E-state index in [-0.39, 0.29) is 0 Å². The summed E-state index contributed by atoms with van der Waals surface area (Å²) in [6.45, 7) is 0. The molecule has 6 rings (SSSR count). The Labute approximate surface area is 170 Å². The molecular weight excluding hydrogens is 350 g/mol. The van der Waals surface area contributed by atoms with Crippen molar-refractivity contribution in [3.63, 3.8) is 0 Å². The molecule has 29 heavy (non-hydrogen) atoms. The summed E-state index contributed by atoms with van der Waals surface area (Å²) in [4.78, 5) is 2.35. The minimum atomic E-state index is 1.16. The van der Waals surface area contributed by atoms with Crippen molar-refractivity contribution in [3.8, 4) is 22.3 Å². The minimum Gasteiger partial charge on any atom is -0.310 e. The molecule has 136 valence electrons. The molecule has 0 radical (unpaired) electrons. The molecular formula is C28H19N. The number of nitrogens with zero attached hydrogens (tertiary/aromatic N) is 1. The van der Waals surface area contributed by atoms with E-state index in [1.165, 1.54) is 38.7 Å². The van der Waals surface area contributed by atoms with Gasteiger partial charge < -0.3 is 4.90 Å². The van der Waals surface area contributed by atoms with E-state index in [2.05, 4.69) is 120 Å². The molecule has 1 aliphatic rings.